The number of amides is 3. The van der Waals surface area contributed by atoms with Gasteiger partial charge in [-0.25, -0.2) is 13.6 Å². The van der Waals surface area contributed by atoms with Gasteiger partial charge in [0.15, 0.2) is 0 Å². The number of alkyl halides is 2. The van der Waals surface area contributed by atoms with Crippen molar-refractivity contribution >= 4 is 29.0 Å². The number of carbonyl (C=O) groups is 2. The molecule has 0 bridgehead atoms. The average Bonchev–Trinajstić information content (AvgIpc) is 3.07. The zero-order chi connectivity index (χ0) is 32.4. The lowest BCUT2D eigenvalue weighted by Gasteiger charge is -2.45. The maximum Gasteiger partial charge on any atom is 0.331 e. The summed E-state index contributed by atoms with van der Waals surface area (Å²) in [6.07, 6.45) is 2.05. The quantitative estimate of drug-likeness (QED) is 0.220. The number of imide groups is 1. The standard InChI is InChI=1S/C34H37F2N5O5/c1-46-30-12-2-24(3-13-30)22-40-32(42)17-21-39(33(40)43)28-10-8-26(9-11-28)37-18-14-27(15-19-37)38-20-16-31(34(35,36)23-38)25-4-6-29(7-5-25)41(44)45/h2-13,27,31H,14-23H2,1H3. The third kappa shape index (κ3) is 6.53. The van der Waals surface area contributed by atoms with Gasteiger partial charge in [-0.05, 0) is 73.3 Å². The molecule has 3 aliphatic rings. The number of nitrogens with zero attached hydrogens (tertiary/aromatic N) is 5. The Morgan fingerprint density at radius 2 is 1.52 bits per heavy atom. The second-order valence-electron chi connectivity index (χ2n) is 12.2. The van der Waals surface area contributed by atoms with Crippen LogP contribution in [0.1, 0.15) is 42.7 Å². The lowest BCUT2D eigenvalue weighted by atomic mass is 9.85. The number of carbonyl (C=O) groups excluding carboxylic acids is 2. The number of benzene rings is 3. The van der Waals surface area contributed by atoms with Crippen LogP contribution in [0, 0.1) is 10.1 Å². The lowest BCUT2D eigenvalue weighted by molar-refractivity contribution is -0.384. The Morgan fingerprint density at radius 1 is 0.870 bits per heavy atom. The van der Waals surface area contributed by atoms with Gasteiger partial charge >= 0.3 is 6.03 Å². The van der Waals surface area contributed by atoms with Crippen molar-refractivity contribution in [2.24, 2.45) is 0 Å². The number of likely N-dealkylation sites (tertiary alicyclic amines) is 1. The summed E-state index contributed by atoms with van der Waals surface area (Å²) in [5.74, 6) is -3.39. The van der Waals surface area contributed by atoms with E-state index < -0.39 is 16.8 Å². The van der Waals surface area contributed by atoms with E-state index in [1.54, 1.807) is 24.1 Å². The predicted octanol–water partition coefficient (Wildman–Crippen LogP) is 6.06. The number of rotatable bonds is 8. The van der Waals surface area contributed by atoms with Gasteiger partial charge in [-0.15, -0.1) is 0 Å². The summed E-state index contributed by atoms with van der Waals surface area (Å²) in [5, 5.41) is 10.9. The summed E-state index contributed by atoms with van der Waals surface area (Å²) in [7, 11) is 1.58. The molecule has 0 spiro atoms. The fourth-order valence-electron chi connectivity index (χ4n) is 6.85. The van der Waals surface area contributed by atoms with E-state index in [9.17, 15) is 19.7 Å². The van der Waals surface area contributed by atoms with Crippen LogP contribution in [0.4, 0.5) is 30.6 Å². The van der Waals surface area contributed by atoms with Gasteiger partial charge in [-0.3, -0.25) is 29.6 Å². The van der Waals surface area contributed by atoms with Crippen molar-refractivity contribution in [1.82, 2.24) is 9.80 Å². The highest BCUT2D eigenvalue weighted by molar-refractivity contribution is 6.05. The Kier molecular flexibility index (Phi) is 8.90. The number of methoxy groups -OCH3 is 1. The maximum absolute atomic E-state index is 15.3. The van der Waals surface area contributed by atoms with Crippen LogP contribution >= 0.6 is 0 Å². The van der Waals surface area contributed by atoms with Gasteiger partial charge in [-0.2, -0.15) is 0 Å². The molecule has 0 aromatic heterocycles. The van der Waals surface area contributed by atoms with E-state index in [1.165, 1.54) is 29.2 Å². The minimum atomic E-state index is -2.93. The summed E-state index contributed by atoms with van der Waals surface area (Å²) >= 11 is 0. The van der Waals surface area contributed by atoms with E-state index in [1.807, 2.05) is 41.3 Å². The van der Waals surface area contributed by atoms with Crippen LogP contribution in [0.2, 0.25) is 0 Å². The number of urea groups is 1. The molecule has 1 unspecified atom stereocenters. The first-order valence-corrected chi connectivity index (χ1v) is 15.6. The number of ether oxygens (including phenoxy) is 1. The molecule has 12 heteroatoms. The summed E-state index contributed by atoms with van der Waals surface area (Å²) in [5.41, 5.74) is 2.89. The Labute approximate surface area is 266 Å². The van der Waals surface area contributed by atoms with Gasteiger partial charge in [0.2, 0.25) is 5.91 Å². The van der Waals surface area contributed by atoms with Crippen molar-refractivity contribution < 1.29 is 28.0 Å². The molecule has 3 aromatic rings. The van der Waals surface area contributed by atoms with Crippen molar-refractivity contribution in [3.63, 3.8) is 0 Å². The molecule has 3 fully saturated rings. The highest BCUT2D eigenvalue weighted by atomic mass is 19.3. The summed E-state index contributed by atoms with van der Waals surface area (Å²) < 4.78 is 35.8. The van der Waals surface area contributed by atoms with Crippen molar-refractivity contribution in [1.29, 1.82) is 0 Å². The van der Waals surface area contributed by atoms with Gasteiger partial charge in [0.1, 0.15) is 5.75 Å². The van der Waals surface area contributed by atoms with Crippen molar-refractivity contribution in [2.45, 2.75) is 50.1 Å². The fourth-order valence-corrected chi connectivity index (χ4v) is 6.85. The van der Waals surface area contributed by atoms with Crippen LogP contribution in [0.15, 0.2) is 72.8 Å². The van der Waals surface area contributed by atoms with E-state index in [4.69, 9.17) is 4.74 Å². The Balaban J connectivity index is 1.03. The van der Waals surface area contributed by atoms with Crippen LogP contribution in [0.3, 0.4) is 0 Å². The second kappa shape index (κ2) is 13.0. The van der Waals surface area contributed by atoms with Crippen LogP contribution in [0.25, 0.3) is 0 Å². The molecule has 0 aliphatic carbocycles. The zero-order valence-electron chi connectivity index (χ0n) is 25.7. The molecule has 3 amide bonds. The molecular weight excluding hydrogens is 596 g/mol. The second-order valence-corrected chi connectivity index (χ2v) is 12.2. The maximum atomic E-state index is 15.3. The number of nitro groups is 1. The minimum Gasteiger partial charge on any atom is -0.497 e. The number of non-ortho nitro benzene ring substituents is 1. The largest absolute Gasteiger partial charge is 0.497 e. The molecular formula is C34H37F2N5O5. The number of piperidine rings is 2. The van der Waals surface area contributed by atoms with E-state index in [2.05, 4.69) is 4.90 Å². The first kappa shape index (κ1) is 31.4. The predicted molar refractivity (Wildman–Crippen MR) is 170 cm³/mol. The molecule has 3 saturated heterocycles. The average molecular weight is 634 g/mol. The highest BCUT2D eigenvalue weighted by Crippen LogP contribution is 2.42. The Hall–Kier alpha value is -4.58. The fraction of sp³-hybridized carbons (Fsp3) is 0.412. The van der Waals surface area contributed by atoms with Gasteiger partial charge in [-0.1, -0.05) is 24.3 Å². The number of hydrogen-bond acceptors (Lipinski definition) is 7. The molecule has 0 N–H and O–H groups in total. The number of halogens is 2. The first-order valence-electron chi connectivity index (χ1n) is 15.6. The lowest BCUT2D eigenvalue weighted by Crippen LogP contribution is -2.54. The van der Waals surface area contributed by atoms with Gasteiger partial charge in [0.05, 0.1) is 31.0 Å². The zero-order valence-corrected chi connectivity index (χ0v) is 25.7. The summed E-state index contributed by atoms with van der Waals surface area (Å²) in [6.45, 7) is 2.18. The van der Waals surface area contributed by atoms with Crippen LogP contribution in [-0.2, 0) is 11.3 Å². The SMILES string of the molecule is COc1ccc(CN2C(=O)CCN(c3ccc(N4CCC(N5CCC(c6ccc([N+](=O)[O-])cc6)C(F)(F)C5)CC4)cc3)C2=O)cc1. The van der Waals surface area contributed by atoms with Crippen molar-refractivity contribution in [3.8, 4) is 5.75 Å². The van der Waals surface area contributed by atoms with Crippen molar-refractivity contribution in [3.05, 3.63) is 94.0 Å². The van der Waals surface area contributed by atoms with Gasteiger partial charge < -0.3 is 9.64 Å². The summed E-state index contributed by atoms with van der Waals surface area (Å²) in [6, 6.07) is 20.2. The first-order chi connectivity index (χ1) is 22.1. The number of hydrogen-bond donors (Lipinski definition) is 0. The molecule has 10 nitrogen and oxygen atoms in total. The molecule has 0 saturated carbocycles. The molecule has 3 aliphatic heterocycles. The molecule has 3 heterocycles. The molecule has 1 atom stereocenters. The molecule has 46 heavy (non-hydrogen) atoms. The normalized spacial score (nSPS) is 21.0. The number of nitro benzene ring substituents is 1. The van der Waals surface area contributed by atoms with Crippen LogP contribution in [-0.4, -0.2) is 78.5 Å². The highest BCUT2D eigenvalue weighted by Gasteiger charge is 2.47. The monoisotopic (exact) mass is 633 g/mol. The third-order valence-electron chi connectivity index (χ3n) is 9.45. The molecule has 242 valence electrons. The minimum absolute atomic E-state index is 0.0550. The smallest absolute Gasteiger partial charge is 0.331 e. The molecule has 3 aromatic carbocycles. The van der Waals surface area contributed by atoms with E-state index in [-0.39, 0.29) is 43.2 Å². The Morgan fingerprint density at radius 3 is 2.13 bits per heavy atom. The Bertz CT molecular complexity index is 1560. The van der Waals surface area contributed by atoms with E-state index >= 15 is 8.78 Å². The molecule has 6 rings (SSSR count). The number of anilines is 2. The topological polar surface area (TPSA) is 99.5 Å². The van der Waals surface area contributed by atoms with Crippen LogP contribution in [0.5, 0.6) is 5.75 Å². The van der Waals surface area contributed by atoms with Gasteiger partial charge in [0.25, 0.3) is 11.6 Å². The van der Waals surface area contributed by atoms with Crippen LogP contribution < -0.4 is 14.5 Å². The molecule has 0 radical (unpaired) electrons. The summed E-state index contributed by atoms with van der Waals surface area (Å²) in [4.78, 5) is 43.4. The van der Waals surface area contributed by atoms with Gasteiger partial charge in [0, 0.05) is 55.6 Å². The van der Waals surface area contributed by atoms with E-state index in [0.717, 1.165) is 37.2 Å². The third-order valence-corrected chi connectivity index (χ3v) is 9.45. The van der Waals surface area contributed by atoms with E-state index in [0.29, 0.717) is 36.5 Å². The van der Waals surface area contributed by atoms with Crippen molar-refractivity contribution in [2.75, 3.05) is 49.6 Å².